The van der Waals surface area contributed by atoms with Crippen LogP contribution in [0.25, 0.3) is 0 Å². The molecule has 0 aromatic heterocycles. The van der Waals surface area contributed by atoms with Gasteiger partial charge >= 0.3 is 0 Å². The number of nitrogens with one attached hydrogen (secondary N) is 1. The van der Waals surface area contributed by atoms with Crippen molar-refractivity contribution in [1.29, 1.82) is 0 Å². The van der Waals surface area contributed by atoms with Crippen LogP contribution < -0.4 is 5.32 Å². The van der Waals surface area contributed by atoms with Crippen molar-refractivity contribution in [2.45, 2.75) is 33.1 Å². The van der Waals surface area contributed by atoms with Crippen molar-refractivity contribution in [2.24, 2.45) is 16.3 Å². The normalized spacial score (nSPS) is 28.9. The maximum atomic E-state index is 11.4. The molecule has 0 spiro atoms. The van der Waals surface area contributed by atoms with Gasteiger partial charge in [0.25, 0.3) is 0 Å². The Hall–Kier alpha value is -0.230. The van der Waals surface area contributed by atoms with Crippen LogP contribution in [0, 0.1) is 11.3 Å². The molecule has 2 heterocycles. The summed E-state index contributed by atoms with van der Waals surface area (Å²) in [7, 11) is -2.76. The average molecular weight is 304 g/mol. The van der Waals surface area contributed by atoms with Crippen molar-refractivity contribution >= 4 is 26.8 Å². The Balaban J connectivity index is 1.81. The van der Waals surface area contributed by atoms with E-state index in [1.165, 1.54) is 12.8 Å². The van der Waals surface area contributed by atoms with Crippen LogP contribution in [-0.4, -0.2) is 43.9 Å². The Morgan fingerprint density at radius 2 is 2.16 bits per heavy atom. The summed E-state index contributed by atoms with van der Waals surface area (Å²) in [6.45, 7) is 6.12. The van der Waals surface area contributed by atoms with E-state index in [0.29, 0.717) is 16.9 Å². The van der Waals surface area contributed by atoms with Gasteiger partial charge < -0.3 is 5.32 Å². The number of thioether (sulfide) groups is 1. The molecule has 0 bridgehead atoms. The van der Waals surface area contributed by atoms with Gasteiger partial charge in [0.1, 0.15) is 0 Å². The van der Waals surface area contributed by atoms with Crippen molar-refractivity contribution < 1.29 is 8.42 Å². The second-order valence-corrected chi connectivity index (χ2v) is 8.96. The molecular weight excluding hydrogens is 280 g/mol. The molecule has 0 saturated carbocycles. The van der Waals surface area contributed by atoms with Gasteiger partial charge in [-0.3, -0.25) is 4.99 Å². The van der Waals surface area contributed by atoms with Gasteiger partial charge in [-0.25, -0.2) is 8.42 Å². The summed E-state index contributed by atoms with van der Waals surface area (Å²) in [5.74, 6) is 2.08. The highest BCUT2D eigenvalue weighted by molar-refractivity contribution is 8.13. The Kier molecular flexibility index (Phi) is 4.82. The molecular formula is C13H24N2O2S2. The van der Waals surface area contributed by atoms with Gasteiger partial charge in [-0.15, -0.1) is 0 Å². The highest BCUT2D eigenvalue weighted by Gasteiger charge is 2.31. The Morgan fingerprint density at radius 3 is 2.63 bits per heavy atom. The zero-order chi connectivity index (χ0) is 13.9. The molecule has 2 aliphatic heterocycles. The Morgan fingerprint density at radius 1 is 1.42 bits per heavy atom. The zero-order valence-electron chi connectivity index (χ0n) is 11.8. The van der Waals surface area contributed by atoms with E-state index < -0.39 is 9.84 Å². The smallest absolute Gasteiger partial charge is 0.156 e. The quantitative estimate of drug-likeness (QED) is 0.862. The molecule has 1 saturated heterocycles. The first-order chi connectivity index (χ1) is 8.99. The molecule has 6 heteroatoms. The lowest BCUT2D eigenvalue weighted by atomic mass is 9.84. The highest BCUT2D eigenvalue weighted by atomic mass is 32.2. The fourth-order valence-electron chi connectivity index (χ4n) is 2.60. The molecule has 0 radical (unpaired) electrons. The molecule has 1 fully saturated rings. The van der Waals surface area contributed by atoms with Crippen LogP contribution in [0.15, 0.2) is 4.99 Å². The first-order valence-corrected chi connectivity index (χ1v) is 9.91. The van der Waals surface area contributed by atoms with Crippen LogP contribution in [-0.2, 0) is 9.84 Å². The molecule has 0 aromatic carbocycles. The highest BCUT2D eigenvalue weighted by Crippen LogP contribution is 2.34. The molecule has 19 heavy (non-hydrogen) atoms. The third-order valence-corrected chi connectivity index (χ3v) is 7.58. The van der Waals surface area contributed by atoms with E-state index in [1.54, 1.807) is 11.8 Å². The van der Waals surface area contributed by atoms with Gasteiger partial charge in [-0.05, 0) is 30.6 Å². The maximum Gasteiger partial charge on any atom is 0.156 e. The zero-order valence-corrected chi connectivity index (χ0v) is 13.4. The lowest BCUT2D eigenvalue weighted by Crippen LogP contribution is -2.36. The summed E-state index contributed by atoms with van der Waals surface area (Å²) < 4.78 is 22.8. The van der Waals surface area contributed by atoms with Crippen LogP contribution in [0.2, 0.25) is 0 Å². The minimum absolute atomic E-state index is 0.261. The van der Waals surface area contributed by atoms with E-state index in [2.05, 4.69) is 24.2 Å². The van der Waals surface area contributed by atoms with E-state index in [0.717, 1.165) is 30.4 Å². The van der Waals surface area contributed by atoms with Crippen LogP contribution in [0.1, 0.15) is 33.1 Å². The molecule has 2 rings (SSSR count). The molecule has 0 aromatic rings. The first-order valence-electron chi connectivity index (χ1n) is 7.10. The lowest BCUT2D eigenvalue weighted by molar-refractivity contribution is 0.318. The largest absolute Gasteiger partial charge is 0.365 e. The number of aliphatic imine (C=N–C) groups is 1. The number of nitrogens with zero attached hydrogens (tertiary/aromatic N) is 1. The van der Waals surface area contributed by atoms with Crippen molar-refractivity contribution in [3.8, 4) is 0 Å². The van der Waals surface area contributed by atoms with Crippen molar-refractivity contribution in [3.63, 3.8) is 0 Å². The molecule has 1 unspecified atom stereocenters. The van der Waals surface area contributed by atoms with Gasteiger partial charge in [-0.2, -0.15) is 0 Å². The molecule has 0 aliphatic carbocycles. The van der Waals surface area contributed by atoms with Crippen LogP contribution in [0.4, 0.5) is 0 Å². The SMILES string of the molecule is CCC1(CC)CN=C(NCC2CCS(=O)(=O)C2)SC1. The third kappa shape index (κ3) is 3.88. The van der Waals surface area contributed by atoms with Crippen LogP contribution in [0.5, 0.6) is 0 Å². The monoisotopic (exact) mass is 304 g/mol. The second-order valence-electron chi connectivity index (χ2n) is 5.77. The van der Waals surface area contributed by atoms with E-state index in [-0.39, 0.29) is 5.92 Å². The fraction of sp³-hybridized carbons (Fsp3) is 0.923. The predicted molar refractivity (Wildman–Crippen MR) is 82.5 cm³/mol. The molecule has 110 valence electrons. The van der Waals surface area contributed by atoms with Gasteiger partial charge in [0, 0.05) is 18.8 Å². The van der Waals surface area contributed by atoms with Gasteiger partial charge in [0.15, 0.2) is 15.0 Å². The van der Waals surface area contributed by atoms with E-state index in [9.17, 15) is 8.42 Å². The fourth-order valence-corrected chi connectivity index (χ4v) is 5.75. The molecule has 1 N–H and O–H groups in total. The first kappa shape index (κ1) is 15.2. The minimum Gasteiger partial charge on any atom is -0.365 e. The van der Waals surface area contributed by atoms with Crippen molar-refractivity contribution in [3.05, 3.63) is 0 Å². The van der Waals surface area contributed by atoms with Crippen LogP contribution >= 0.6 is 11.8 Å². The number of rotatable bonds is 4. The molecule has 0 amide bonds. The summed E-state index contributed by atoms with van der Waals surface area (Å²) in [4.78, 5) is 4.64. The Bertz CT molecular complexity index is 442. The predicted octanol–water partition coefficient (Wildman–Crippen LogP) is 1.92. The van der Waals surface area contributed by atoms with Gasteiger partial charge in [0.05, 0.1) is 11.5 Å². The summed E-state index contributed by atoms with van der Waals surface area (Å²) >= 11 is 1.79. The molecule has 1 atom stereocenters. The topological polar surface area (TPSA) is 58.5 Å². The van der Waals surface area contributed by atoms with Gasteiger partial charge in [0.2, 0.25) is 0 Å². The van der Waals surface area contributed by atoms with Crippen LogP contribution in [0.3, 0.4) is 0 Å². The lowest BCUT2D eigenvalue weighted by Gasteiger charge is -2.33. The van der Waals surface area contributed by atoms with Gasteiger partial charge in [-0.1, -0.05) is 25.6 Å². The minimum atomic E-state index is -2.76. The third-order valence-electron chi connectivity index (χ3n) is 4.44. The van der Waals surface area contributed by atoms with Crippen molar-refractivity contribution in [1.82, 2.24) is 5.32 Å². The standard InChI is InChI=1S/C13H24N2O2S2/c1-3-13(4-2)9-15-12(18-10-13)14-7-11-5-6-19(16,17)8-11/h11H,3-10H2,1-2H3,(H,14,15). The van der Waals surface area contributed by atoms with Crippen molar-refractivity contribution in [2.75, 3.05) is 30.3 Å². The number of hydrogen-bond donors (Lipinski definition) is 1. The van der Waals surface area contributed by atoms with E-state index in [4.69, 9.17) is 0 Å². The summed E-state index contributed by atoms with van der Waals surface area (Å²) in [5, 5.41) is 4.34. The summed E-state index contributed by atoms with van der Waals surface area (Å²) in [6.07, 6.45) is 3.14. The molecule has 4 nitrogen and oxygen atoms in total. The summed E-state index contributed by atoms with van der Waals surface area (Å²) in [5.41, 5.74) is 0.368. The average Bonchev–Trinajstić information content (AvgIpc) is 2.77. The van der Waals surface area contributed by atoms with E-state index in [1.807, 2.05) is 0 Å². The number of sulfone groups is 1. The number of amidine groups is 1. The Labute approximate surface area is 120 Å². The second kappa shape index (κ2) is 6.04. The summed E-state index contributed by atoms with van der Waals surface area (Å²) in [6, 6.07) is 0. The molecule has 2 aliphatic rings. The maximum absolute atomic E-state index is 11.4. The number of hydrogen-bond acceptors (Lipinski definition) is 5. The van der Waals surface area contributed by atoms with E-state index >= 15 is 0 Å².